The minimum atomic E-state index is -1.00. The van der Waals surface area contributed by atoms with Gasteiger partial charge in [-0.25, -0.2) is 4.39 Å². The first kappa shape index (κ1) is 21.6. The number of ether oxygens (including phenoxy) is 1. The van der Waals surface area contributed by atoms with Gasteiger partial charge in [-0.1, -0.05) is 56.9 Å². The molecule has 4 nitrogen and oxygen atoms in total. The van der Waals surface area contributed by atoms with E-state index in [1.165, 1.54) is 19.4 Å². The molecule has 2 aromatic rings. The summed E-state index contributed by atoms with van der Waals surface area (Å²) >= 11 is 0. The average Bonchev–Trinajstić information content (AvgIpc) is 2.67. The number of halogens is 1. The van der Waals surface area contributed by atoms with E-state index in [-0.39, 0.29) is 5.97 Å². The van der Waals surface area contributed by atoms with Crippen molar-refractivity contribution in [3.63, 3.8) is 0 Å². The van der Waals surface area contributed by atoms with Crippen LogP contribution < -0.4 is 4.74 Å². The van der Waals surface area contributed by atoms with E-state index < -0.39 is 17.7 Å². The van der Waals surface area contributed by atoms with Crippen LogP contribution in [0.15, 0.2) is 42.5 Å². The van der Waals surface area contributed by atoms with Crippen LogP contribution in [0.1, 0.15) is 63.9 Å². The largest absolute Gasteiger partial charge is 0.481 e. The molecule has 0 aliphatic carbocycles. The normalized spacial score (nSPS) is 11.8. The summed E-state index contributed by atoms with van der Waals surface area (Å²) in [4.78, 5) is 23.1. The molecule has 1 N–H and O–H groups in total. The summed E-state index contributed by atoms with van der Waals surface area (Å²) < 4.78 is 19.9. The molecule has 2 rings (SSSR count). The number of benzene rings is 2. The highest BCUT2D eigenvalue weighted by molar-refractivity contribution is 5.76. The topological polar surface area (TPSA) is 63.6 Å². The number of hydrogen-bond donors (Lipinski definition) is 1. The predicted octanol–water partition coefficient (Wildman–Crippen LogP) is 5.95. The average molecular weight is 386 g/mol. The Hall–Kier alpha value is -2.69. The van der Waals surface area contributed by atoms with Crippen LogP contribution in [0.4, 0.5) is 4.39 Å². The van der Waals surface area contributed by atoms with Gasteiger partial charge in [0.2, 0.25) is 0 Å². The van der Waals surface area contributed by atoms with E-state index in [0.717, 1.165) is 25.7 Å². The van der Waals surface area contributed by atoms with Gasteiger partial charge in [0.15, 0.2) is 0 Å². The lowest BCUT2D eigenvalue weighted by Gasteiger charge is -2.11. The number of carbonyl (C=O) groups is 2. The van der Waals surface area contributed by atoms with Crippen LogP contribution in [0.5, 0.6) is 5.75 Å². The highest BCUT2D eigenvalue weighted by Gasteiger charge is 2.16. The second-order valence-electron chi connectivity index (χ2n) is 6.97. The van der Waals surface area contributed by atoms with Gasteiger partial charge in [0.1, 0.15) is 11.6 Å². The Morgan fingerprint density at radius 3 is 2.50 bits per heavy atom. The maximum Gasteiger partial charge on any atom is 0.311 e. The van der Waals surface area contributed by atoms with Crippen LogP contribution in [-0.2, 0) is 9.59 Å². The molecular weight excluding hydrogens is 359 g/mol. The highest BCUT2D eigenvalue weighted by atomic mass is 19.1. The molecule has 0 fully saturated rings. The summed E-state index contributed by atoms with van der Waals surface area (Å²) in [5.41, 5.74) is 1.30. The molecule has 28 heavy (non-hydrogen) atoms. The molecule has 0 aliphatic rings. The standard InChI is InChI=1S/C23H27FO4/c1-3-4-5-6-7-11-22(25)28-19-10-8-9-18(14-19)20-13-12-17(15-21(20)24)16(2)23(26)27/h8-10,12-16H,3-7,11H2,1-2H3,(H,26,27). The quantitative estimate of drug-likeness (QED) is 0.311. The molecule has 0 radical (unpaired) electrons. The number of aliphatic carboxylic acids is 1. The Morgan fingerprint density at radius 1 is 1.07 bits per heavy atom. The molecule has 2 aromatic carbocycles. The van der Waals surface area contributed by atoms with Gasteiger partial charge in [-0.15, -0.1) is 0 Å². The maximum atomic E-state index is 14.5. The molecular formula is C23H27FO4. The van der Waals surface area contributed by atoms with Gasteiger partial charge in [-0.2, -0.15) is 0 Å². The van der Waals surface area contributed by atoms with E-state index >= 15 is 0 Å². The fourth-order valence-electron chi connectivity index (χ4n) is 2.96. The molecule has 0 spiro atoms. The fourth-order valence-corrected chi connectivity index (χ4v) is 2.96. The zero-order valence-corrected chi connectivity index (χ0v) is 16.4. The first-order valence-electron chi connectivity index (χ1n) is 9.75. The lowest BCUT2D eigenvalue weighted by Crippen LogP contribution is -2.08. The van der Waals surface area contributed by atoms with E-state index in [1.54, 1.807) is 36.4 Å². The monoisotopic (exact) mass is 386 g/mol. The van der Waals surface area contributed by atoms with Crippen molar-refractivity contribution in [1.29, 1.82) is 0 Å². The lowest BCUT2D eigenvalue weighted by molar-refractivity contribution is -0.138. The third-order valence-corrected chi connectivity index (χ3v) is 4.72. The number of carboxylic acid groups (broad SMARTS) is 1. The van der Waals surface area contributed by atoms with Crippen molar-refractivity contribution in [2.24, 2.45) is 0 Å². The van der Waals surface area contributed by atoms with Gasteiger partial charge in [0.25, 0.3) is 0 Å². The maximum absolute atomic E-state index is 14.5. The number of esters is 1. The van der Waals surface area contributed by atoms with Crippen molar-refractivity contribution in [2.75, 3.05) is 0 Å². The Balaban J connectivity index is 2.04. The lowest BCUT2D eigenvalue weighted by atomic mass is 9.97. The molecule has 0 bridgehead atoms. The summed E-state index contributed by atoms with van der Waals surface area (Å²) in [5.74, 6) is -2.22. The SMILES string of the molecule is CCCCCCCC(=O)Oc1cccc(-c2ccc(C(C)C(=O)O)cc2F)c1. The Labute approximate surface area is 165 Å². The third-order valence-electron chi connectivity index (χ3n) is 4.72. The molecule has 5 heteroatoms. The molecule has 1 atom stereocenters. The number of hydrogen-bond acceptors (Lipinski definition) is 3. The molecule has 0 saturated heterocycles. The number of rotatable bonds is 10. The van der Waals surface area contributed by atoms with Gasteiger partial charge < -0.3 is 9.84 Å². The minimum Gasteiger partial charge on any atom is -0.481 e. The Kier molecular flexibility index (Phi) is 8.18. The molecule has 0 aliphatic heterocycles. The van der Waals surface area contributed by atoms with E-state index in [0.29, 0.717) is 28.9 Å². The fraction of sp³-hybridized carbons (Fsp3) is 0.391. The second-order valence-corrected chi connectivity index (χ2v) is 6.97. The van der Waals surface area contributed by atoms with Crippen LogP contribution in [0, 0.1) is 5.82 Å². The second kappa shape index (κ2) is 10.6. The van der Waals surface area contributed by atoms with Crippen molar-refractivity contribution in [3.05, 3.63) is 53.8 Å². The van der Waals surface area contributed by atoms with E-state index in [4.69, 9.17) is 9.84 Å². The first-order valence-corrected chi connectivity index (χ1v) is 9.75. The summed E-state index contributed by atoms with van der Waals surface area (Å²) in [6.07, 6.45) is 5.63. The number of unbranched alkanes of at least 4 members (excludes halogenated alkanes) is 4. The van der Waals surface area contributed by atoms with Crippen molar-refractivity contribution < 1.29 is 23.8 Å². The molecule has 150 valence electrons. The highest BCUT2D eigenvalue weighted by Crippen LogP contribution is 2.29. The van der Waals surface area contributed by atoms with Gasteiger partial charge in [0.05, 0.1) is 5.92 Å². The van der Waals surface area contributed by atoms with E-state index in [1.807, 2.05) is 0 Å². The Bertz CT molecular complexity index is 816. The van der Waals surface area contributed by atoms with Crippen LogP contribution in [0.3, 0.4) is 0 Å². The van der Waals surface area contributed by atoms with Crippen molar-refractivity contribution in [2.45, 2.75) is 58.3 Å². The van der Waals surface area contributed by atoms with E-state index in [2.05, 4.69) is 6.92 Å². The number of carboxylic acids is 1. The molecule has 0 aromatic heterocycles. The van der Waals surface area contributed by atoms with Gasteiger partial charge in [-0.3, -0.25) is 9.59 Å². The van der Waals surface area contributed by atoms with Gasteiger partial charge in [-0.05, 0) is 42.7 Å². The van der Waals surface area contributed by atoms with Crippen molar-refractivity contribution in [1.82, 2.24) is 0 Å². The zero-order chi connectivity index (χ0) is 20.5. The van der Waals surface area contributed by atoms with Crippen molar-refractivity contribution >= 4 is 11.9 Å². The summed E-state index contributed by atoms with van der Waals surface area (Å²) in [6, 6.07) is 11.1. The van der Waals surface area contributed by atoms with Crippen LogP contribution in [0.2, 0.25) is 0 Å². The smallest absolute Gasteiger partial charge is 0.311 e. The summed E-state index contributed by atoms with van der Waals surface area (Å²) in [6.45, 7) is 3.66. The van der Waals surface area contributed by atoms with Crippen LogP contribution >= 0.6 is 0 Å². The van der Waals surface area contributed by atoms with Crippen LogP contribution in [-0.4, -0.2) is 17.0 Å². The van der Waals surface area contributed by atoms with Gasteiger partial charge >= 0.3 is 11.9 Å². The molecule has 0 heterocycles. The number of carbonyl (C=O) groups excluding carboxylic acids is 1. The zero-order valence-electron chi connectivity index (χ0n) is 16.4. The first-order chi connectivity index (χ1) is 13.4. The summed E-state index contributed by atoms with van der Waals surface area (Å²) in [5, 5.41) is 9.07. The minimum absolute atomic E-state index is 0.292. The van der Waals surface area contributed by atoms with Gasteiger partial charge in [0, 0.05) is 12.0 Å². The molecule has 0 saturated carbocycles. The molecule has 0 amide bonds. The van der Waals surface area contributed by atoms with E-state index in [9.17, 15) is 14.0 Å². The predicted molar refractivity (Wildman–Crippen MR) is 107 cm³/mol. The summed E-state index contributed by atoms with van der Waals surface area (Å²) in [7, 11) is 0. The Morgan fingerprint density at radius 2 is 1.82 bits per heavy atom. The molecule has 1 unspecified atom stereocenters. The third kappa shape index (κ3) is 6.19. The van der Waals surface area contributed by atoms with Crippen molar-refractivity contribution in [3.8, 4) is 16.9 Å². The van der Waals surface area contributed by atoms with Crippen LogP contribution in [0.25, 0.3) is 11.1 Å².